The number of aliphatic carboxylic acids is 1. The van der Waals surface area contributed by atoms with Gasteiger partial charge in [-0.05, 0) is 104 Å². The largest absolute Gasteiger partial charge is 0.480 e. The summed E-state index contributed by atoms with van der Waals surface area (Å²) in [4.78, 5) is 141. The van der Waals surface area contributed by atoms with Gasteiger partial charge in [0.05, 0.1) is 43.2 Å². The van der Waals surface area contributed by atoms with E-state index in [0.29, 0.717) is 42.7 Å². The number of likely N-dealkylation sites (N-methyl/N-ethyl adjacent to an activating group) is 2. The number of primary amides is 1. The number of nitrogens with one attached hydrogen (secondary N) is 7. The van der Waals surface area contributed by atoms with E-state index in [0.717, 1.165) is 10.5 Å². The van der Waals surface area contributed by atoms with Crippen LogP contribution in [-0.4, -0.2) is 182 Å². The van der Waals surface area contributed by atoms with E-state index < -0.39 is 139 Å². The third kappa shape index (κ3) is 23.9. The van der Waals surface area contributed by atoms with Gasteiger partial charge in [-0.25, -0.2) is 14.4 Å². The van der Waals surface area contributed by atoms with Gasteiger partial charge >= 0.3 is 25.6 Å². The van der Waals surface area contributed by atoms with Crippen molar-refractivity contribution in [3.05, 3.63) is 95.6 Å². The van der Waals surface area contributed by atoms with E-state index in [1.54, 1.807) is 116 Å². The highest BCUT2D eigenvalue weighted by Gasteiger charge is 2.44. The number of hydrogen-bond acceptors (Lipinski definition) is 15. The predicted molar refractivity (Wildman–Crippen MR) is 367 cm³/mol. The molecule has 97 heavy (non-hydrogen) atoms. The number of rotatable bonds is 38. The normalized spacial score (nSPS) is 16.6. The number of carbonyl (C=O) groups excluding carboxylic acids is 9. The lowest BCUT2D eigenvalue weighted by atomic mass is 9.89. The second-order valence-corrected chi connectivity index (χ2v) is 27.3. The number of nitrogens with zero attached hydrogens (tertiary/aromatic N) is 3. The Morgan fingerprint density at radius 3 is 1.90 bits per heavy atom. The Bertz CT molecular complexity index is 3220. The molecule has 0 radical (unpaired) electrons. The van der Waals surface area contributed by atoms with Crippen molar-refractivity contribution in [2.75, 3.05) is 58.4 Å². The number of urea groups is 1. The maximum atomic E-state index is 14.8. The van der Waals surface area contributed by atoms with E-state index >= 15 is 0 Å². The van der Waals surface area contributed by atoms with Gasteiger partial charge in [0.1, 0.15) is 36.8 Å². The number of hydrogen-bond donors (Lipinski definition) is 9. The molecule has 0 aromatic heterocycles. The predicted octanol–water partition coefficient (Wildman–Crippen LogP) is 6.71. The van der Waals surface area contributed by atoms with Gasteiger partial charge in [-0.2, -0.15) is 0 Å². The zero-order valence-electron chi connectivity index (χ0n) is 58.4. The third-order valence-electron chi connectivity index (χ3n) is 17.3. The second-order valence-electron chi connectivity index (χ2n) is 25.4. The molecule has 0 saturated carbocycles. The van der Waals surface area contributed by atoms with Crippen LogP contribution in [0.2, 0.25) is 0 Å². The van der Waals surface area contributed by atoms with E-state index in [9.17, 15) is 57.6 Å². The molecule has 10 N–H and O–H groups in total. The van der Waals surface area contributed by atoms with E-state index in [-0.39, 0.29) is 62.8 Å². The highest BCUT2D eigenvalue weighted by molar-refractivity contribution is 7.65. The Kier molecular flexibility index (Phi) is 32.5. The first-order chi connectivity index (χ1) is 45.8. The second kappa shape index (κ2) is 39.0. The van der Waals surface area contributed by atoms with Gasteiger partial charge < -0.3 is 76.4 Å². The Morgan fingerprint density at radius 1 is 0.732 bits per heavy atom. The van der Waals surface area contributed by atoms with E-state index in [2.05, 4.69) is 42.6 Å². The van der Waals surface area contributed by atoms with Gasteiger partial charge in [-0.15, -0.1) is 6.42 Å². The number of methoxy groups -OCH3 is 2. The van der Waals surface area contributed by atoms with E-state index in [1.807, 2.05) is 19.9 Å². The minimum Gasteiger partial charge on any atom is -0.480 e. The number of terminal acetylenes is 1. The van der Waals surface area contributed by atoms with Crippen LogP contribution in [0.1, 0.15) is 129 Å². The molecule has 4 rings (SSSR count). The molecular formula is C69H102N11O16P. The average molecular weight is 1370 g/mol. The van der Waals surface area contributed by atoms with Crippen molar-refractivity contribution in [3.63, 3.8) is 0 Å². The molecular weight excluding hydrogens is 1270 g/mol. The van der Waals surface area contributed by atoms with Gasteiger partial charge in [0.25, 0.3) is 5.91 Å². The Hall–Kier alpha value is -8.57. The first kappa shape index (κ1) is 80.9. The summed E-state index contributed by atoms with van der Waals surface area (Å²) in [7, 11) is 2.34. The van der Waals surface area contributed by atoms with Gasteiger partial charge in [0.2, 0.25) is 35.4 Å². The van der Waals surface area contributed by atoms with Crippen LogP contribution in [0.4, 0.5) is 21.0 Å². The molecule has 3 aromatic carbocycles. The molecule has 1 saturated heterocycles. The zero-order valence-corrected chi connectivity index (χ0v) is 59.3. The first-order valence-corrected chi connectivity index (χ1v) is 34.5. The Labute approximate surface area is 570 Å². The molecule has 10 amide bonds. The number of carboxylic acid groups (broad SMARTS) is 1. The summed E-state index contributed by atoms with van der Waals surface area (Å²) in [5.41, 5.74) is 9.44. The van der Waals surface area contributed by atoms with E-state index in [4.69, 9.17) is 30.9 Å². The minimum absolute atomic E-state index is 0.0509. The third-order valence-corrected chi connectivity index (χ3v) is 18.8. The van der Waals surface area contributed by atoms with Gasteiger partial charge in [0, 0.05) is 70.4 Å². The molecule has 3 aromatic rings. The van der Waals surface area contributed by atoms with Crippen molar-refractivity contribution in [2.45, 2.75) is 175 Å². The lowest BCUT2D eigenvalue weighted by Gasteiger charge is -2.41. The SMILES string of the molecule is C#CP(=O)(Nc1ccc(C(=O)N[C@H](C(=O)N[C@@H](CCCNC(N)=O)C(=O)Nc2ccc(COC(=O)N(C)[C@H](C(=O)N[C@H](C(=O)N(C)[C@@H](C(C)CC)[C@@H](CC(=O)N3CCC[C@H]3[C@H](OC)[C@@H](C)C(=O)N[C@@H](Cc3ccccc3)C(=O)O)OC)C(C)C)C(C)C)cc2)C(C)C)cc1)OCC. The van der Waals surface area contributed by atoms with Crippen molar-refractivity contribution < 1.29 is 76.4 Å². The van der Waals surface area contributed by atoms with Crippen LogP contribution < -0.4 is 42.7 Å². The van der Waals surface area contributed by atoms with Crippen molar-refractivity contribution >= 4 is 78.3 Å². The molecule has 534 valence electrons. The molecule has 2 unspecified atom stereocenters. The highest BCUT2D eigenvalue weighted by Crippen LogP contribution is 2.45. The number of nitrogens with two attached hydrogens (primary N) is 1. The summed E-state index contributed by atoms with van der Waals surface area (Å²) >= 11 is 0. The van der Waals surface area contributed by atoms with Crippen LogP contribution in [0.3, 0.4) is 0 Å². The van der Waals surface area contributed by atoms with Crippen molar-refractivity contribution in [3.8, 4) is 12.1 Å². The van der Waals surface area contributed by atoms with Crippen molar-refractivity contribution in [1.82, 2.24) is 41.3 Å². The summed E-state index contributed by atoms with van der Waals surface area (Å²) in [6.07, 6.45) is 4.91. The van der Waals surface area contributed by atoms with E-state index in [1.165, 1.54) is 50.4 Å². The van der Waals surface area contributed by atoms with Crippen LogP contribution in [0.15, 0.2) is 78.9 Å². The fraction of sp³-hybridized carbons (Fsp3) is 0.565. The highest BCUT2D eigenvalue weighted by atomic mass is 31.2. The van der Waals surface area contributed by atoms with Crippen LogP contribution in [0.25, 0.3) is 0 Å². The number of ether oxygens (including phenoxy) is 3. The molecule has 0 bridgehead atoms. The fourth-order valence-corrected chi connectivity index (χ4v) is 12.8. The number of benzene rings is 3. The minimum atomic E-state index is -3.61. The molecule has 0 aliphatic carbocycles. The summed E-state index contributed by atoms with van der Waals surface area (Å²) in [5, 5.41) is 29.0. The molecule has 27 nitrogen and oxygen atoms in total. The molecule has 1 aliphatic heterocycles. The molecule has 1 fully saturated rings. The topological polar surface area (TPSA) is 365 Å². The summed E-state index contributed by atoms with van der Waals surface area (Å²) in [6, 6.07) is 13.5. The van der Waals surface area contributed by atoms with Gasteiger partial charge in [-0.1, -0.05) is 111 Å². The van der Waals surface area contributed by atoms with Crippen LogP contribution in [0.5, 0.6) is 0 Å². The number of carbonyl (C=O) groups is 10. The fourth-order valence-electron chi connectivity index (χ4n) is 11.8. The summed E-state index contributed by atoms with van der Waals surface area (Å²) in [5.74, 6) is -7.37. The quantitative estimate of drug-likeness (QED) is 0.0163. The maximum Gasteiger partial charge on any atom is 0.410 e. The summed E-state index contributed by atoms with van der Waals surface area (Å²) < 4.78 is 35.6. The monoisotopic (exact) mass is 1370 g/mol. The van der Waals surface area contributed by atoms with Crippen LogP contribution >= 0.6 is 7.52 Å². The lowest BCUT2D eigenvalue weighted by molar-refractivity contribution is -0.148. The molecule has 1 aliphatic rings. The van der Waals surface area contributed by atoms with Gasteiger partial charge in [-0.3, -0.25) is 43.0 Å². The maximum absolute atomic E-state index is 14.8. The standard InChI is InChI=1S/C69H102N11O16P/c1-16-44(10)59(54(93-14)39-55(81)80-37-23-27-53(80)60(94-15)45(11)61(82)74-52(67(88)89)38-46-24-20-19-21-25-46)78(12)66(87)57(42(6)7)76-65(86)58(43(8)9)79(13)69(91)95-40-47-28-32-49(33-29-47)72-63(84)51(26-22-36-71-68(70)90)73-64(85)56(41(4)5)75-62(83)48-30-34-50(35-31-48)77-97(92,18-3)96-17-2/h3,19-21,24-25,28-35,41-45,51-54,56-60H,16-17,22-23,26-27,36-40H2,1-2,4-15H3,(H,72,84)(H,73,85)(H,74,82)(H,75,83)(H,76,86)(H,77,92)(H,88,89)(H3,70,71,90)/t44?,45-,51+,52+,53+,54-,56+,57+,58+,59+,60-,97?/m1/s1. The van der Waals surface area contributed by atoms with Crippen molar-refractivity contribution in [1.29, 1.82) is 0 Å². The van der Waals surface area contributed by atoms with Crippen LogP contribution in [0, 0.1) is 41.7 Å². The number of likely N-dealkylation sites (tertiary alicyclic amines) is 1. The average Bonchev–Trinajstić information content (AvgIpc) is 1.80. The Morgan fingerprint density at radius 2 is 1.35 bits per heavy atom. The molecule has 0 spiro atoms. The first-order valence-electron chi connectivity index (χ1n) is 32.9. The molecule has 1 heterocycles. The lowest BCUT2D eigenvalue weighted by Crippen LogP contribution is -2.60. The van der Waals surface area contributed by atoms with Crippen molar-refractivity contribution in [2.24, 2.45) is 35.3 Å². The zero-order chi connectivity index (χ0) is 72.4. The smallest absolute Gasteiger partial charge is 0.410 e. The summed E-state index contributed by atoms with van der Waals surface area (Å²) in [6.45, 7) is 18.0. The Balaban J connectivity index is 1.41. The van der Waals surface area contributed by atoms with Gasteiger partial charge in [0.15, 0.2) is 0 Å². The number of carboxylic acids is 1. The molecule has 12 atom stereocenters. The number of amides is 10. The van der Waals surface area contributed by atoms with Crippen LogP contribution in [-0.2, 0) is 69.9 Å². The molecule has 28 heteroatoms. The number of anilines is 2.